The van der Waals surface area contributed by atoms with Gasteiger partial charge in [0.05, 0.1) is 18.4 Å². The molecular weight excluding hydrogens is 272 g/mol. The maximum absolute atomic E-state index is 11.7. The number of nitrogens with one attached hydrogen (secondary N) is 1. The van der Waals surface area contributed by atoms with Gasteiger partial charge in [0.25, 0.3) is 0 Å². The van der Waals surface area contributed by atoms with Gasteiger partial charge < -0.3 is 15.3 Å². The fourth-order valence-corrected chi connectivity index (χ4v) is 1.85. The third kappa shape index (κ3) is 4.40. The fourth-order valence-electron chi connectivity index (χ4n) is 1.85. The van der Waals surface area contributed by atoms with Gasteiger partial charge in [0, 0.05) is 19.0 Å². The Morgan fingerprint density at radius 1 is 1.38 bits per heavy atom. The third-order valence-corrected chi connectivity index (χ3v) is 2.94. The van der Waals surface area contributed by atoms with Gasteiger partial charge >= 0.3 is 5.97 Å². The summed E-state index contributed by atoms with van der Waals surface area (Å²) >= 11 is 0. The molecule has 0 aliphatic carbocycles. The number of aromatic nitrogens is 2. The Hall–Kier alpha value is -2.18. The Morgan fingerprint density at radius 3 is 2.52 bits per heavy atom. The molecule has 0 saturated carbocycles. The van der Waals surface area contributed by atoms with Crippen LogP contribution < -0.4 is 10.2 Å². The SMILES string of the molecule is CCNC(=O)CN(CC)c1cnc(C(C)C)nc1C(=O)O. The minimum absolute atomic E-state index is 0.0376. The Labute approximate surface area is 124 Å². The van der Waals surface area contributed by atoms with E-state index in [9.17, 15) is 14.7 Å². The number of hydrogen-bond acceptors (Lipinski definition) is 5. The van der Waals surface area contributed by atoms with Crippen molar-refractivity contribution in [3.8, 4) is 0 Å². The van der Waals surface area contributed by atoms with E-state index in [1.165, 1.54) is 6.20 Å². The molecule has 0 bridgehead atoms. The van der Waals surface area contributed by atoms with Crippen LogP contribution in [0.15, 0.2) is 6.20 Å². The number of carboxylic acid groups (broad SMARTS) is 1. The van der Waals surface area contributed by atoms with Crippen LogP contribution in [0.3, 0.4) is 0 Å². The highest BCUT2D eigenvalue weighted by Crippen LogP contribution is 2.20. The molecule has 1 amide bonds. The molecule has 1 heterocycles. The van der Waals surface area contributed by atoms with Crippen LogP contribution in [-0.4, -0.2) is 46.6 Å². The Morgan fingerprint density at radius 2 is 2.05 bits per heavy atom. The van der Waals surface area contributed by atoms with E-state index in [4.69, 9.17) is 0 Å². The lowest BCUT2D eigenvalue weighted by molar-refractivity contribution is -0.119. The molecule has 2 N–H and O–H groups in total. The summed E-state index contributed by atoms with van der Waals surface area (Å²) in [6.07, 6.45) is 1.48. The molecule has 116 valence electrons. The zero-order valence-electron chi connectivity index (χ0n) is 12.9. The lowest BCUT2D eigenvalue weighted by Crippen LogP contribution is -2.38. The number of aromatic carboxylic acids is 1. The van der Waals surface area contributed by atoms with E-state index in [2.05, 4.69) is 15.3 Å². The van der Waals surface area contributed by atoms with Crippen molar-refractivity contribution in [3.63, 3.8) is 0 Å². The Balaban J connectivity index is 3.13. The standard InChI is InChI=1S/C14H22N4O3/c1-5-15-11(19)8-18(6-2)10-7-16-13(9(3)4)17-12(10)14(20)21/h7,9H,5-6,8H2,1-4H3,(H,15,19)(H,20,21). The number of carboxylic acids is 1. The number of carbonyl (C=O) groups is 2. The van der Waals surface area contributed by atoms with E-state index < -0.39 is 5.97 Å². The van der Waals surface area contributed by atoms with Crippen molar-refractivity contribution in [2.75, 3.05) is 24.5 Å². The van der Waals surface area contributed by atoms with Crippen molar-refractivity contribution in [2.45, 2.75) is 33.6 Å². The van der Waals surface area contributed by atoms with Crippen molar-refractivity contribution >= 4 is 17.6 Å². The molecule has 0 atom stereocenters. The highest BCUT2D eigenvalue weighted by atomic mass is 16.4. The lowest BCUT2D eigenvalue weighted by atomic mass is 10.2. The van der Waals surface area contributed by atoms with E-state index in [0.29, 0.717) is 24.6 Å². The Kier molecular flexibility index (Phi) is 6.08. The first kappa shape index (κ1) is 16.9. The van der Waals surface area contributed by atoms with Crippen molar-refractivity contribution in [1.29, 1.82) is 0 Å². The van der Waals surface area contributed by atoms with E-state index in [1.54, 1.807) is 4.90 Å². The van der Waals surface area contributed by atoms with Crippen LogP contribution in [0.1, 0.15) is 49.9 Å². The Bertz CT molecular complexity index is 517. The summed E-state index contributed by atoms with van der Waals surface area (Å²) in [5, 5.41) is 12.0. The predicted octanol–water partition coefficient (Wildman–Crippen LogP) is 1.26. The molecule has 0 saturated heterocycles. The molecule has 0 aliphatic rings. The van der Waals surface area contributed by atoms with E-state index in [1.807, 2.05) is 27.7 Å². The van der Waals surface area contributed by atoms with Crippen LogP contribution in [0.5, 0.6) is 0 Å². The second-order valence-corrected chi connectivity index (χ2v) is 4.89. The molecule has 0 aliphatic heterocycles. The summed E-state index contributed by atoms with van der Waals surface area (Å²) in [5.41, 5.74) is 0.292. The quantitative estimate of drug-likeness (QED) is 0.786. The third-order valence-electron chi connectivity index (χ3n) is 2.94. The van der Waals surface area contributed by atoms with E-state index in [0.717, 1.165) is 0 Å². The van der Waals surface area contributed by atoms with Gasteiger partial charge in [0.15, 0.2) is 5.69 Å². The number of anilines is 1. The number of carbonyl (C=O) groups excluding carboxylic acids is 1. The summed E-state index contributed by atoms with van der Waals surface area (Å²) in [7, 11) is 0. The number of nitrogens with zero attached hydrogens (tertiary/aromatic N) is 3. The predicted molar refractivity (Wildman–Crippen MR) is 79.7 cm³/mol. The molecule has 0 unspecified atom stereocenters. The van der Waals surface area contributed by atoms with Crippen LogP contribution >= 0.6 is 0 Å². The summed E-state index contributed by atoms with van der Waals surface area (Å²) in [4.78, 5) is 33.1. The van der Waals surface area contributed by atoms with Crippen LogP contribution in [0.2, 0.25) is 0 Å². The van der Waals surface area contributed by atoms with Crippen molar-refractivity contribution in [1.82, 2.24) is 15.3 Å². The molecule has 0 aromatic carbocycles. The molecule has 0 radical (unpaired) electrons. The van der Waals surface area contributed by atoms with Crippen LogP contribution in [0, 0.1) is 0 Å². The van der Waals surface area contributed by atoms with Gasteiger partial charge in [0.2, 0.25) is 5.91 Å². The second kappa shape index (κ2) is 7.56. The zero-order valence-corrected chi connectivity index (χ0v) is 12.9. The van der Waals surface area contributed by atoms with E-state index >= 15 is 0 Å². The maximum Gasteiger partial charge on any atom is 0.356 e. The van der Waals surface area contributed by atoms with E-state index in [-0.39, 0.29) is 24.1 Å². The number of rotatable bonds is 7. The maximum atomic E-state index is 11.7. The topological polar surface area (TPSA) is 95.4 Å². The second-order valence-electron chi connectivity index (χ2n) is 4.89. The summed E-state index contributed by atoms with van der Waals surface area (Å²) in [6.45, 7) is 8.57. The van der Waals surface area contributed by atoms with Crippen molar-refractivity contribution in [3.05, 3.63) is 17.7 Å². The van der Waals surface area contributed by atoms with Crippen LogP contribution in [-0.2, 0) is 4.79 Å². The molecular formula is C14H22N4O3. The van der Waals surface area contributed by atoms with Crippen LogP contribution in [0.4, 0.5) is 5.69 Å². The van der Waals surface area contributed by atoms with Crippen LogP contribution in [0.25, 0.3) is 0 Å². The zero-order chi connectivity index (χ0) is 16.0. The first-order valence-electron chi connectivity index (χ1n) is 7.02. The molecule has 7 heteroatoms. The van der Waals surface area contributed by atoms with Gasteiger partial charge in [-0.25, -0.2) is 14.8 Å². The van der Waals surface area contributed by atoms with Gasteiger partial charge in [0.1, 0.15) is 5.82 Å². The summed E-state index contributed by atoms with van der Waals surface area (Å²) in [5.74, 6) is -0.770. The minimum Gasteiger partial charge on any atom is -0.476 e. The minimum atomic E-state index is -1.12. The summed E-state index contributed by atoms with van der Waals surface area (Å²) < 4.78 is 0. The molecule has 0 fully saturated rings. The monoisotopic (exact) mass is 294 g/mol. The van der Waals surface area contributed by atoms with Gasteiger partial charge in [-0.1, -0.05) is 13.8 Å². The molecule has 1 rings (SSSR count). The number of amides is 1. The first-order chi connectivity index (χ1) is 9.90. The molecule has 7 nitrogen and oxygen atoms in total. The highest BCUT2D eigenvalue weighted by molar-refractivity contribution is 5.93. The summed E-state index contributed by atoms with van der Waals surface area (Å²) in [6, 6.07) is 0. The molecule has 21 heavy (non-hydrogen) atoms. The molecule has 0 spiro atoms. The number of hydrogen-bond donors (Lipinski definition) is 2. The first-order valence-corrected chi connectivity index (χ1v) is 7.02. The average molecular weight is 294 g/mol. The number of likely N-dealkylation sites (N-methyl/N-ethyl adjacent to an activating group) is 2. The largest absolute Gasteiger partial charge is 0.476 e. The van der Waals surface area contributed by atoms with Crippen molar-refractivity contribution < 1.29 is 14.7 Å². The fraction of sp³-hybridized carbons (Fsp3) is 0.571. The van der Waals surface area contributed by atoms with Gasteiger partial charge in [-0.15, -0.1) is 0 Å². The van der Waals surface area contributed by atoms with Gasteiger partial charge in [-0.3, -0.25) is 4.79 Å². The smallest absolute Gasteiger partial charge is 0.356 e. The average Bonchev–Trinajstić information content (AvgIpc) is 2.44. The molecule has 1 aromatic rings. The van der Waals surface area contributed by atoms with Gasteiger partial charge in [-0.05, 0) is 13.8 Å². The van der Waals surface area contributed by atoms with Gasteiger partial charge in [-0.2, -0.15) is 0 Å². The normalized spacial score (nSPS) is 10.5. The van der Waals surface area contributed by atoms with Crippen molar-refractivity contribution in [2.24, 2.45) is 0 Å². The lowest BCUT2D eigenvalue weighted by Gasteiger charge is -2.23. The highest BCUT2D eigenvalue weighted by Gasteiger charge is 2.20. The molecule has 1 aromatic heterocycles.